The molecule has 2 aromatic carbocycles. The Balaban J connectivity index is 2.02. The first-order chi connectivity index (χ1) is 12.3. The van der Waals surface area contributed by atoms with Crippen LogP contribution in [0.25, 0.3) is 10.8 Å². The van der Waals surface area contributed by atoms with E-state index in [1.807, 2.05) is 36.4 Å². The Morgan fingerprint density at radius 3 is 2.27 bits per heavy atom. The summed E-state index contributed by atoms with van der Waals surface area (Å²) in [6, 6.07) is 16.9. The van der Waals surface area contributed by atoms with Crippen LogP contribution in [0.4, 0.5) is 0 Å². The second-order valence-electron chi connectivity index (χ2n) is 7.65. The molecule has 0 aliphatic heterocycles. The van der Waals surface area contributed by atoms with Crippen LogP contribution in [0.5, 0.6) is 0 Å². The van der Waals surface area contributed by atoms with Crippen molar-refractivity contribution in [2.24, 2.45) is 5.41 Å². The van der Waals surface area contributed by atoms with Gasteiger partial charge in [0.05, 0.1) is 5.39 Å². The zero-order valence-electron chi connectivity index (χ0n) is 15.3. The summed E-state index contributed by atoms with van der Waals surface area (Å²) in [4.78, 5) is 27.1. The van der Waals surface area contributed by atoms with Gasteiger partial charge in [0.15, 0.2) is 5.69 Å². The third-order valence-electron chi connectivity index (χ3n) is 4.07. The molecule has 134 valence electrons. The number of carbonyl (C=O) groups is 1. The number of fused-ring (bicyclic) bond motifs is 1. The number of nitrogens with zero attached hydrogens (tertiary/aromatic N) is 2. The predicted molar refractivity (Wildman–Crippen MR) is 103 cm³/mol. The van der Waals surface area contributed by atoms with E-state index in [0.29, 0.717) is 23.9 Å². The van der Waals surface area contributed by atoms with Gasteiger partial charge in [0.2, 0.25) is 0 Å². The van der Waals surface area contributed by atoms with Crippen molar-refractivity contribution in [3.05, 3.63) is 76.2 Å². The Kier molecular flexibility index (Phi) is 4.89. The molecule has 5 nitrogen and oxygen atoms in total. The zero-order valence-corrected chi connectivity index (χ0v) is 15.3. The lowest BCUT2D eigenvalue weighted by Gasteiger charge is -2.30. The number of rotatable bonds is 4. The maximum absolute atomic E-state index is 13.3. The number of aromatic nitrogens is 2. The summed E-state index contributed by atoms with van der Waals surface area (Å²) < 4.78 is 0. The average molecular weight is 349 g/mol. The first kappa shape index (κ1) is 17.9. The smallest absolute Gasteiger partial charge is 0.275 e. The molecule has 0 fully saturated rings. The highest BCUT2D eigenvalue weighted by Crippen LogP contribution is 2.21. The fourth-order valence-corrected chi connectivity index (χ4v) is 3.00. The Bertz CT molecular complexity index is 972. The van der Waals surface area contributed by atoms with Gasteiger partial charge in [0, 0.05) is 18.5 Å². The highest BCUT2D eigenvalue weighted by atomic mass is 16.2. The first-order valence-corrected chi connectivity index (χ1v) is 8.66. The molecular formula is C21H23N3O2. The van der Waals surface area contributed by atoms with Crippen molar-refractivity contribution in [1.29, 1.82) is 0 Å². The van der Waals surface area contributed by atoms with E-state index in [-0.39, 0.29) is 22.6 Å². The van der Waals surface area contributed by atoms with Crippen LogP contribution in [0.2, 0.25) is 0 Å². The molecule has 0 aliphatic carbocycles. The van der Waals surface area contributed by atoms with Gasteiger partial charge in [-0.05, 0) is 17.0 Å². The maximum atomic E-state index is 13.3. The van der Waals surface area contributed by atoms with Gasteiger partial charge < -0.3 is 4.90 Å². The van der Waals surface area contributed by atoms with Crippen molar-refractivity contribution in [2.75, 3.05) is 6.54 Å². The van der Waals surface area contributed by atoms with Gasteiger partial charge in [-0.15, -0.1) is 0 Å². The number of amides is 1. The van der Waals surface area contributed by atoms with Crippen LogP contribution in [0.15, 0.2) is 59.4 Å². The summed E-state index contributed by atoms with van der Waals surface area (Å²) >= 11 is 0. The molecule has 1 amide bonds. The van der Waals surface area contributed by atoms with Gasteiger partial charge in [-0.3, -0.25) is 9.59 Å². The number of H-pyrrole nitrogens is 1. The summed E-state index contributed by atoms with van der Waals surface area (Å²) in [5.41, 5.74) is 0.976. The SMILES string of the molecule is CC(C)(C)CN(Cc1ccccc1)C(=O)c1n[nH]c(=O)c2ccccc12. The van der Waals surface area contributed by atoms with Crippen LogP contribution in [-0.4, -0.2) is 27.5 Å². The van der Waals surface area contributed by atoms with Crippen LogP contribution < -0.4 is 5.56 Å². The van der Waals surface area contributed by atoms with E-state index < -0.39 is 0 Å². The molecular weight excluding hydrogens is 326 g/mol. The maximum Gasteiger partial charge on any atom is 0.275 e. The molecule has 0 bridgehead atoms. The summed E-state index contributed by atoms with van der Waals surface area (Å²) in [5.74, 6) is -0.184. The van der Waals surface area contributed by atoms with Crippen LogP contribution >= 0.6 is 0 Å². The fraction of sp³-hybridized carbons (Fsp3) is 0.286. The van der Waals surface area contributed by atoms with Crippen LogP contribution in [0, 0.1) is 5.41 Å². The normalized spacial score (nSPS) is 11.5. The third kappa shape index (κ3) is 3.99. The second-order valence-corrected chi connectivity index (χ2v) is 7.65. The summed E-state index contributed by atoms with van der Waals surface area (Å²) in [7, 11) is 0. The van der Waals surface area contributed by atoms with E-state index in [9.17, 15) is 9.59 Å². The molecule has 3 rings (SSSR count). The number of nitrogens with one attached hydrogen (secondary N) is 1. The van der Waals surface area contributed by atoms with E-state index in [2.05, 4.69) is 31.0 Å². The van der Waals surface area contributed by atoms with E-state index in [0.717, 1.165) is 5.56 Å². The monoisotopic (exact) mass is 349 g/mol. The lowest BCUT2D eigenvalue weighted by molar-refractivity contribution is 0.0675. The molecule has 26 heavy (non-hydrogen) atoms. The third-order valence-corrected chi connectivity index (χ3v) is 4.07. The Morgan fingerprint density at radius 1 is 1.00 bits per heavy atom. The number of carbonyl (C=O) groups excluding carboxylic acids is 1. The van der Waals surface area contributed by atoms with E-state index in [4.69, 9.17) is 0 Å². The average Bonchev–Trinajstić information content (AvgIpc) is 2.61. The van der Waals surface area contributed by atoms with Crippen molar-refractivity contribution in [1.82, 2.24) is 15.1 Å². The summed E-state index contributed by atoms with van der Waals surface area (Å²) in [5, 5.41) is 7.57. The van der Waals surface area contributed by atoms with Crippen LogP contribution in [0.1, 0.15) is 36.8 Å². The molecule has 3 aromatic rings. The van der Waals surface area contributed by atoms with Gasteiger partial charge in [-0.25, -0.2) is 5.10 Å². The lowest BCUT2D eigenvalue weighted by Crippen LogP contribution is -2.38. The molecule has 0 saturated heterocycles. The van der Waals surface area contributed by atoms with E-state index in [1.165, 1.54) is 0 Å². The van der Waals surface area contributed by atoms with Gasteiger partial charge in [0.25, 0.3) is 11.5 Å². The Labute approximate surface area is 152 Å². The molecule has 0 spiro atoms. The van der Waals surface area contributed by atoms with Crippen LogP contribution in [-0.2, 0) is 6.54 Å². The lowest BCUT2D eigenvalue weighted by atomic mass is 9.95. The highest BCUT2D eigenvalue weighted by Gasteiger charge is 2.25. The van der Waals surface area contributed by atoms with Crippen molar-refractivity contribution in [3.8, 4) is 0 Å². The first-order valence-electron chi connectivity index (χ1n) is 8.66. The topological polar surface area (TPSA) is 66.1 Å². The van der Waals surface area contributed by atoms with Crippen LogP contribution in [0.3, 0.4) is 0 Å². The Hall–Kier alpha value is -2.95. The van der Waals surface area contributed by atoms with Crippen molar-refractivity contribution in [3.63, 3.8) is 0 Å². The minimum absolute atomic E-state index is 0.0670. The number of hydrogen-bond donors (Lipinski definition) is 1. The van der Waals surface area contributed by atoms with Gasteiger partial charge in [-0.1, -0.05) is 69.3 Å². The minimum Gasteiger partial charge on any atom is -0.332 e. The molecule has 0 unspecified atom stereocenters. The molecule has 0 saturated carbocycles. The van der Waals surface area contributed by atoms with Gasteiger partial charge >= 0.3 is 0 Å². The molecule has 1 aromatic heterocycles. The number of benzene rings is 2. The second kappa shape index (κ2) is 7.12. The molecule has 0 aliphatic rings. The Morgan fingerprint density at radius 2 is 1.62 bits per heavy atom. The van der Waals surface area contributed by atoms with Crippen molar-refractivity contribution >= 4 is 16.7 Å². The molecule has 0 atom stereocenters. The van der Waals surface area contributed by atoms with Gasteiger partial charge in [-0.2, -0.15) is 5.10 Å². The summed E-state index contributed by atoms with van der Waals surface area (Å²) in [6.45, 7) is 7.35. The number of aromatic amines is 1. The molecule has 1 heterocycles. The van der Waals surface area contributed by atoms with Crippen molar-refractivity contribution < 1.29 is 4.79 Å². The number of hydrogen-bond acceptors (Lipinski definition) is 3. The van der Waals surface area contributed by atoms with E-state index in [1.54, 1.807) is 23.1 Å². The van der Waals surface area contributed by atoms with E-state index >= 15 is 0 Å². The minimum atomic E-state index is -0.289. The highest BCUT2D eigenvalue weighted by molar-refractivity contribution is 6.04. The molecule has 1 N–H and O–H groups in total. The summed E-state index contributed by atoms with van der Waals surface area (Å²) in [6.07, 6.45) is 0. The predicted octanol–water partition coefficient (Wildman–Crippen LogP) is 3.61. The quantitative estimate of drug-likeness (QED) is 0.782. The fourth-order valence-electron chi connectivity index (χ4n) is 3.00. The largest absolute Gasteiger partial charge is 0.332 e. The molecule has 0 radical (unpaired) electrons. The standard InChI is InChI=1S/C21H23N3O2/c1-21(2,3)14-24(13-15-9-5-4-6-10-15)20(26)18-16-11-7-8-12-17(16)19(25)23-22-18/h4-12H,13-14H2,1-3H3,(H,23,25). The molecule has 5 heteroatoms. The van der Waals surface area contributed by atoms with Crippen molar-refractivity contribution in [2.45, 2.75) is 27.3 Å². The van der Waals surface area contributed by atoms with Gasteiger partial charge in [0.1, 0.15) is 0 Å². The zero-order chi connectivity index (χ0) is 18.7.